The average Bonchev–Trinajstić information content (AvgIpc) is 2.33. The number of hydrogen-bond donors (Lipinski definition) is 2. The summed E-state index contributed by atoms with van der Waals surface area (Å²) in [6.07, 6.45) is 1.38. The van der Waals surface area contributed by atoms with Gasteiger partial charge in [-0.05, 0) is 25.3 Å². The molecule has 2 amide bonds. The lowest BCUT2D eigenvalue weighted by Gasteiger charge is -2.23. The molecule has 0 aromatic rings. The number of thioether (sulfide) groups is 1. The van der Waals surface area contributed by atoms with Crippen LogP contribution in [0.2, 0.25) is 0 Å². The molecule has 0 aliphatic rings. The third-order valence-corrected chi connectivity index (χ3v) is 3.82. The van der Waals surface area contributed by atoms with Gasteiger partial charge in [-0.2, -0.15) is 0 Å². The Morgan fingerprint density at radius 3 is 1.95 bits per heavy atom. The normalized spacial score (nSPS) is 13.2. The molecule has 0 rings (SSSR count). The summed E-state index contributed by atoms with van der Waals surface area (Å²) >= 11 is 1.14. The van der Waals surface area contributed by atoms with E-state index in [4.69, 9.17) is 0 Å². The molecular weight excluding hydrogens is 276 g/mol. The first-order valence-electron chi connectivity index (χ1n) is 6.63. The minimum absolute atomic E-state index is 0.00937. The highest BCUT2D eigenvalue weighted by atomic mass is 32.2. The summed E-state index contributed by atoms with van der Waals surface area (Å²) in [5, 5.41) is 5.58. The smallest absolute Gasteiger partial charge is 0.217 e. The zero-order chi connectivity index (χ0) is 15.7. The van der Waals surface area contributed by atoms with E-state index in [0.717, 1.165) is 18.2 Å². The highest BCUT2D eigenvalue weighted by molar-refractivity contribution is 8.14. The monoisotopic (exact) mass is 300 g/mol. The van der Waals surface area contributed by atoms with Crippen molar-refractivity contribution in [2.24, 2.45) is 0 Å². The van der Waals surface area contributed by atoms with Crippen molar-refractivity contribution in [3.05, 3.63) is 12.2 Å². The molecular formula is C14H24N2O3S. The van der Waals surface area contributed by atoms with E-state index in [9.17, 15) is 14.4 Å². The maximum Gasteiger partial charge on any atom is 0.217 e. The molecule has 0 aliphatic carbocycles. The zero-order valence-electron chi connectivity index (χ0n) is 12.6. The maximum atomic E-state index is 11.5. The van der Waals surface area contributed by atoms with Crippen LogP contribution in [0.4, 0.5) is 0 Å². The maximum absolute atomic E-state index is 11.5. The van der Waals surface area contributed by atoms with Gasteiger partial charge in [-0.25, -0.2) is 0 Å². The Labute approximate surface area is 125 Å². The fourth-order valence-electron chi connectivity index (χ4n) is 1.71. The molecule has 20 heavy (non-hydrogen) atoms. The number of amides is 2. The molecule has 0 saturated heterocycles. The van der Waals surface area contributed by atoms with Crippen molar-refractivity contribution in [1.29, 1.82) is 0 Å². The number of carbonyl (C=O) groups excluding carboxylic acids is 3. The molecule has 0 fully saturated rings. The summed E-state index contributed by atoms with van der Waals surface area (Å²) < 4.78 is 0. The van der Waals surface area contributed by atoms with E-state index in [-0.39, 0.29) is 29.0 Å². The molecule has 0 aliphatic heterocycles. The molecule has 0 aromatic heterocycles. The lowest BCUT2D eigenvalue weighted by atomic mass is 10.1. The standard InChI is InChI=1S/C14H24N2O3S/c1-6-12(15-10(4)17)7-13(16-11(5)18)8-20-14(19)9(2)3/h12-13H,2,6-8H2,1,3-5H3,(H,15,17)(H,16,18). The Kier molecular flexibility index (Phi) is 8.96. The van der Waals surface area contributed by atoms with E-state index < -0.39 is 0 Å². The second-order valence-electron chi connectivity index (χ2n) is 4.82. The minimum atomic E-state index is -0.155. The molecule has 0 heterocycles. The SMILES string of the molecule is C=C(C)C(=O)SCC(CC(CC)NC(C)=O)NC(C)=O. The Morgan fingerprint density at radius 1 is 1.05 bits per heavy atom. The predicted molar refractivity (Wildman–Crippen MR) is 82.4 cm³/mol. The predicted octanol–water partition coefficient (Wildman–Crippen LogP) is 1.63. The van der Waals surface area contributed by atoms with Crippen molar-refractivity contribution in [3.8, 4) is 0 Å². The fourth-order valence-corrected chi connectivity index (χ4v) is 2.53. The van der Waals surface area contributed by atoms with Crippen LogP contribution >= 0.6 is 11.8 Å². The number of nitrogens with one attached hydrogen (secondary N) is 2. The lowest BCUT2D eigenvalue weighted by molar-refractivity contribution is -0.119. The van der Waals surface area contributed by atoms with Crippen LogP contribution < -0.4 is 10.6 Å². The summed E-state index contributed by atoms with van der Waals surface area (Å²) in [4.78, 5) is 33.9. The van der Waals surface area contributed by atoms with Gasteiger partial charge in [-0.15, -0.1) is 0 Å². The summed E-state index contributed by atoms with van der Waals surface area (Å²) in [7, 11) is 0. The largest absolute Gasteiger partial charge is 0.354 e. The van der Waals surface area contributed by atoms with E-state index in [0.29, 0.717) is 17.7 Å². The summed E-state index contributed by atoms with van der Waals surface area (Å²) in [5.74, 6) is 0.238. The van der Waals surface area contributed by atoms with Crippen LogP contribution in [0.3, 0.4) is 0 Å². The zero-order valence-corrected chi connectivity index (χ0v) is 13.4. The Morgan fingerprint density at radius 2 is 1.55 bits per heavy atom. The first kappa shape index (κ1) is 18.7. The Balaban J connectivity index is 4.53. The minimum Gasteiger partial charge on any atom is -0.354 e. The van der Waals surface area contributed by atoms with E-state index in [1.165, 1.54) is 13.8 Å². The van der Waals surface area contributed by atoms with Crippen LogP contribution in [0.25, 0.3) is 0 Å². The van der Waals surface area contributed by atoms with Crippen LogP contribution in [-0.4, -0.2) is 34.8 Å². The van der Waals surface area contributed by atoms with Gasteiger partial charge in [0.05, 0.1) is 0 Å². The number of rotatable bonds is 8. The highest BCUT2D eigenvalue weighted by Gasteiger charge is 2.18. The molecule has 114 valence electrons. The van der Waals surface area contributed by atoms with Crippen molar-refractivity contribution in [2.45, 2.75) is 52.6 Å². The number of hydrogen-bond acceptors (Lipinski definition) is 4. The van der Waals surface area contributed by atoms with Gasteiger partial charge in [0.1, 0.15) is 0 Å². The van der Waals surface area contributed by atoms with Gasteiger partial charge in [-0.3, -0.25) is 14.4 Å². The summed E-state index contributed by atoms with van der Waals surface area (Å²) in [6, 6.07) is -0.164. The average molecular weight is 300 g/mol. The topological polar surface area (TPSA) is 75.3 Å². The first-order chi connectivity index (χ1) is 9.26. The van der Waals surface area contributed by atoms with E-state index in [2.05, 4.69) is 17.2 Å². The molecule has 2 unspecified atom stereocenters. The fraction of sp³-hybridized carbons (Fsp3) is 0.643. The summed E-state index contributed by atoms with van der Waals surface area (Å²) in [5.41, 5.74) is 0.491. The summed E-state index contributed by atoms with van der Waals surface area (Å²) in [6.45, 7) is 10.1. The van der Waals surface area contributed by atoms with Crippen LogP contribution in [0.1, 0.15) is 40.5 Å². The van der Waals surface area contributed by atoms with Crippen LogP contribution in [0.15, 0.2) is 12.2 Å². The van der Waals surface area contributed by atoms with Crippen molar-refractivity contribution in [3.63, 3.8) is 0 Å². The van der Waals surface area contributed by atoms with Gasteiger partial charge in [0.2, 0.25) is 16.9 Å². The third kappa shape index (κ3) is 8.74. The highest BCUT2D eigenvalue weighted by Crippen LogP contribution is 2.14. The molecule has 2 atom stereocenters. The van der Waals surface area contributed by atoms with Crippen LogP contribution in [-0.2, 0) is 14.4 Å². The molecule has 0 spiro atoms. The van der Waals surface area contributed by atoms with Crippen molar-refractivity contribution < 1.29 is 14.4 Å². The lowest BCUT2D eigenvalue weighted by Crippen LogP contribution is -2.43. The van der Waals surface area contributed by atoms with Crippen molar-refractivity contribution in [1.82, 2.24) is 10.6 Å². The second-order valence-corrected chi connectivity index (χ2v) is 5.81. The molecule has 0 aromatic carbocycles. The van der Waals surface area contributed by atoms with E-state index in [1.807, 2.05) is 6.92 Å². The van der Waals surface area contributed by atoms with Gasteiger partial charge in [-0.1, -0.05) is 25.3 Å². The Bertz CT molecular complexity index is 383. The molecule has 5 nitrogen and oxygen atoms in total. The molecule has 6 heteroatoms. The molecule has 0 saturated carbocycles. The van der Waals surface area contributed by atoms with Crippen LogP contribution in [0.5, 0.6) is 0 Å². The van der Waals surface area contributed by atoms with E-state index >= 15 is 0 Å². The van der Waals surface area contributed by atoms with Gasteiger partial charge >= 0.3 is 0 Å². The van der Waals surface area contributed by atoms with Crippen LogP contribution in [0, 0.1) is 0 Å². The number of carbonyl (C=O) groups is 3. The van der Waals surface area contributed by atoms with Crippen molar-refractivity contribution in [2.75, 3.05) is 5.75 Å². The molecule has 2 N–H and O–H groups in total. The quantitative estimate of drug-likeness (QED) is 0.668. The van der Waals surface area contributed by atoms with Crippen molar-refractivity contribution >= 4 is 28.7 Å². The molecule has 0 radical (unpaired) electrons. The Hall–Kier alpha value is -1.30. The molecule has 0 bridgehead atoms. The van der Waals surface area contributed by atoms with Gasteiger partial charge in [0.15, 0.2) is 0 Å². The van der Waals surface area contributed by atoms with Gasteiger partial charge in [0.25, 0.3) is 0 Å². The second kappa shape index (κ2) is 9.58. The first-order valence-corrected chi connectivity index (χ1v) is 7.61. The van der Waals surface area contributed by atoms with Gasteiger partial charge in [0, 0.05) is 31.7 Å². The van der Waals surface area contributed by atoms with E-state index in [1.54, 1.807) is 6.92 Å². The van der Waals surface area contributed by atoms with Gasteiger partial charge < -0.3 is 10.6 Å². The third-order valence-electron chi connectivity index (χ3n) is 2.64.